The van der Waals surface area contributed by atoms with E-state index in [-0.39, 0.29) is 0 Å². The fraction of sp³-hybridized carbons (Fsp3) is 0. The maximum atomic E-state index is 4.50. The smallest absolute Gasteiger partial charge is 0.137 e. The quantitative estimate of drug-likeness (QED) is 0.472. The molecule has 0 saturated carbocycles. The highest BCUT2D eigenvalue weighted by molar-refractivity contribution is 9.10. The third kappa shape index (κ3) is 2.34. The highest BCUT2D eigenvalue weighted by Gasteiger charge is 2.07. The van der Waals surface area contributed by atoms with E-state index in [0.29, 0.717) is 0 Å². The van der Waals surface area contributed by atoms with E-state index in [0.717, 1.165) is 15.8 Å². The first-order valence-corrected chi connectivity index (χ1v) is 7.89. The predicted octanol–water partition coefficient (Wildman–Crippen LogP) is 5.43. The molecule has 2 aromatic heterocycles. The molecule has 0 spiro atoms. The van der Waals surface area contributed by atoms with Gasteiger partial charge in [-0.25, -0.2) is 4.98 Å². The molecule has 4 aromatic rings. The molecule has 2 aromatic carbocycles. The Kier molecular flexibility index (Phi) is 3.28. The molecule has 0 aliphatic rings. The molecule has 22 heavy (non-hydrogen) atoms. The van der Waals surface area contributed by atoms with Gasteiger partial charge in [-0.2, -0.15) is 0 Å². The fourth-order valence-corrected chi connectivity index (χ4v) is 2.88. The van der Waals surface area contributed by atoms with Gasteiger partial charge in [-0.3, -0.25) is 4.40 Å². The number of benzene rings is 2. The van der Waals surface area contributed by atoms with Gasteiger partial charge in [0.25, 0.3) is 0 Å². The van der Waals surface area contributed by atoms with Crippen molar-refractivity contribution in [1.29, 1.82) is 0 Å². The molecular weight excluding hydrogens is 336 g/mol. The van der Waals surface area contributed by atoms with Crippen LogP contribution in [0, 0.1) is 0 Å². The minimum Gasteiger partial charge on any atom is -0.299 e. The Labute approximate surface area is 137 Å². The van der Waals surface area contributed by atoms with Crippen molar-refractivity contribution in [2.45, 2.75) is 0 Å². The van der Waals surface area contributed by atoms with Crippen LogP contribution in [0.15, 0.2) is 83.6 Å². The average Bonchev–Trinajstić information content (AvgIpc) is 2.99. The summed E-state index contributed by atoms with van der Waals surface area (Å²) in [4.78, 5) is 4.50. The topological polar surface area (TPSA) is 17.3 Å². The monoisotopic (exact) mass is 348 g/mol. The first kappa shape index (κ1) is 13.3. The number of pyridine rings is 1. The largest absolute Gasteiger partial charge is 0.299 e. The maximum absolute atomic E-state index is 4.50. The summed E-state index contributed by atoms with van der Waals surface area (Å²) in [6, 6.07) is 22.9. The number of nitrogens with zero attached hydrogens (tertiary/aromatic N) is 2. The second-order valence-corrected chi connectivity index (χ2v) is 6.08. The molecule has 2 heterocycles. The second-order valence-electron chi connectivity index (χ2n) is 5.16. The van der Waals surface area contributed by atoms with E-state index in [9.17, 15) is 0 Å². The Bertz CT molecular complexity index is 925. The Morgan fingerprint density at radius 1 is 0.727 bits per heavy atom. The van der Waals surface area contributed by atoms with Gasteiger partial charge in [0.05, 0.1) is 11.9 Å². The fourth-order valence-electron chi connectivity index (χ4n) is 2.62. The minimum atomic E-state index is 0.958. The average molecular weight is 349 g/mol. The molecule has 0 bridgehead atoms. The van der Waals surface area contributed by atoms with E-state index in [4.69, 9.17) is 0 Å². The van der Waals surface area contributed by atoms with Crippen molar-refractivity contribution in [3.8, 4) is 22.4 Å². The van der Waals surface area contributed by atoms with Crippen LogP contribution in [0.3, 0.4) is 0 Å². The summed E-state index contributed by atoms with van der Waals surface area (Å²) in [5, 5.41) is 0. The predicted molar refractivity (Wildman–Crippen MR) is 93.8 cm³/mol. The van der Waals surface area contributed by atoms with Gasteiger partial charge in [-0.15, -0.1) is 0 Å². The third-order valence-corrected chi connectivity index (χ3v) is 4.28. The lowest BCUT2D eigenvalue weighted by atomic mass is 10.1. The van der Waals surface area contributed by atoms with E-state index in [1.807, 2.05) is 24.4 Å². The summed E-state index contributed by atoms with van der Waals surface area (Å²) in [6.07, 6.45) is 4.07. The van der Waals surface area contributed by atoms with Crippen LogP contribution in [0.2, 0.25) is 0 Å². The first-order chi connectivity index (χ1) is 10.8. The summed E-state index contributed by atoms with van der Waals surface area (Å²) in [6.45, 7) is 0. The van der Waals surface area contributed by atoms with Crippen molar-refractivity contribution in [2.24, 2.45) is 0 Å². The maximum Gasteiger partial charge on any atom is 0.137 e. The summed E-state index contributed by atoms with van der Waals surface area (Å²) < 4.78 is 3.23. The highest BCUT2D eigenvalue weighted by Crippen LogP contribution is 2.26. The molecule has 106 valence electrons. The molecule has 0 aliphatic heterocycles. The van der Waals surface area contributed by atoms with Crippen molar-refractivity contribution < 1.29 is 0 Å². The van der Waals surface area contributed by atoms with Crippen LogP contribution in [-0.2, 0) is 0 Å². The zero-order valence-corrected chi connectivity index (χ0v) is 13.4. The second kappa shape index (κ2) is 5.43. The van der Waals surface area contributed by atoms with Gasteiger partial charge in [-0.05, 0) is 35.4 Å². The summed E-state index contributed by atoms with van der Waals surface area (Å²) >= 11 is 3.48. The lowest BCUT2D eigenvalue weighted by Crippen LogP contribution is -1.89. The molecule has 0 unspecified atom stereocenters. The molecule has 0 radical (unpaired) electrons. The first-order valence-electron chi connectivity index (χ1n) is 7.10. The van der Waals surface area contributed by atoms with E-state index >= 15 is 0 Å². The number of hydrogen-bond acceptors (Lipinski definition) is 1. The van der Waals surface area contributed by atoms with Crippen LogP contribution in [0.4, 0.5) is 0 Å². The third-order valence-electron chi connectivity index (χ3n) is 3.75. The van der Waals surface area contributed by atoms with Crippen molar-refractivity contribution in [3.63, 3.8) is 0 Å². The molecule has 0 fully saturated rings. The van der Waals surface area contributed by atoms with Crippen LogP contribution in [0.5, 0.6) is 0 Å². The van der Waals surface area contributed by atoms with Gasteiger partial charge in [-0.1, -0.05) is 58.4 Å². The van der Waals surface area contributed by atoms with E-state index in [2.05, 4.69) is 80.0 Å². The zero-order chi connectivity index (χ0) is 14.9. The lowest BCUT2D eigenvalue weighted by molar-refractivity contribution is 1.19. The normalized spacial score (nSPS) is 11.0. The van der Waals surface area contributed by atoms with Crippen molar-refractivity contribution in [1.82, 2.24) is 9.38 Å². The zero-order valence-electron chi connectivity index (χ0n) is 11.8. The van der Waals surface area contributed by atoms with Gasteiger partial charge in [0.1, 0.15) is 5.65 Å². The Morgan fingerprint density at radius 3 is 2.23 bits per heavy atom. The number of fused-ring (bicyclic) bond motifs is 1. The van der Waals surface area contributed by atoms with Gasteiger partial charge in [0, 0.05) is 16.2 Å². The standard InChI is InChI=1S/C19H13BrN2/c20-17-9-6-14(7-10-17)16-8-11-19-21-12-18(22(19)13-16)15-4-2-1-3-5-15/h1-13H. The van der Waals surface area contributed by atoms with Gasteiger partial charge in [0.2, 0.25) is 0 Å². The van der Waals surface area contributed by atoms with Crippen molar-refractivity contribution in [2.75, 3.05) is 0 Å². The molecular formula is C19H13BrN2. The molecule has 0 amide bonds. The molecule has 0 saturated heterocycles. The summed E-state index contributed by atoms with van der Waals surface area (Å²) in [5.74, 6) is 0. The number of halogens is 1. The lowest BCUT2D eigenvalue weighted by Gasteiger charge is -2.06. The van der Waals surface area contributed by atoms with Gasteiger partial charge < -0.3 is 0 Å². The molecule has 2 nitrogen and oxygen atoms in total. The van der Waals surface area contributed by atoms with Gasteiger partial charge >= 0.3 is 0 Å². The Morgan fingerprint density at radius 2 is 1.45 bits per heavy atom. The molecule has 0 atom stereocenters. The van der Waals surface area contributed by atoms with Crippen molar-refractivity contribution in [3.05, 3.63) is 83.6 Å². The molecule has 0 aliphatic carbocycles. The minimum absolute atomic E-state index is 0.958. The molecule has 4 rings (SSSR count). The summed E-state index contributed by atoms with van der Waals surface area (Å²) in [7, 11) is 0. The number of imidazole rings is 1. The van der Waals surface area contributed by atoms with Crippen LogP contribution in [0.25, 0.3) is 28.0 Å². The van der Waals surface area contributed by atoms with Crippen LogP contribution in [0.1, 0.15) is 0 Å². The summed E-state index contributed by atoms with van der Waals surface area (Å²) in [5.41, 5.74) is 5.60. The van der Waals surface area contributed by atoms with Crippen LogP contribution < -0.4 is 0 Å². The molecule has 3 heteroatoms. The highest BCUT2D eigenvalue weighted by atomic mass is 79.9. The van der Waals surface area contributed by atoms with Crippen LogP contribution >= 0.6 is 15.9 Å². The molecule has 0 N–H and O–H groups in total. The number of aromatic nitrogens is 2. The SMILES string of the molecule is Brc1ccc(-c2ccc3ncc(-c4ccccc4)n3c2)cc1. The van der Waals surface area contributed by atoms with E-state index in [1.54, 1.807) is 0 Å². The van der Waals surface area contributed by atoms with Gasteiger partial charge in [0.15, 0.2) is 0 Å². The van der Waals surface area contributed by atoms with E-state index < -0.39 is 0 Å². The Balaban J connectivity index is 1.88. The number of hydrogen-bond donors (Lipinski definition) is 0. The Hall–Kier alpha value is -2.39. The van der Waals surface area contributed by atoms with E-state index in [1.165, 1.54) is 16.7 Å². The van der Waals surface area contributed by atoms with Crippen LogP contribution in [-0.4, -0.2) is 9.38 Å². The number of rotatable bonds is 2. The van der Waals surface area contributed by atoms with Crippen molar-refractivity contribution >= 4 is 21.6 Å².